The van der Waals surface area contributed by atoms with Crippen LogP contribution in [0.2, 0.25) is 0 Å². The van der Waals surface area contributed by atoms with E-state index < -0.39 is 0 Å². The van der Waals surface area contributed by atoms with Crippen LogP contribution in [0.1, 0.15) is 4.11 Å². The molecule has 0 fully saturated rings. The van der Waals surface area contributed by atoms with Gasteiger partial charge in [-0.3, -0.25) is 0 Å². The monoisotopic (exact) mass is 861 g/mol. The van der Waals surface area contributed by atoms with Crippen molar-refractivity contribution in [2.45, 2.75) is 0 Å². The molecular weight excluding hydrogens is 811 g/mol. The fourth-order valence-electron chi connectivity index (χ4n) is 7.76. The predicted octanol–water partition coefficient (Wildman–Crippen LogP) is 17.5. The van der Waals surface area contributed by atoms with Crippen molar-refractivity contribution in [1.29, 1.82) is 0 Å². The van der Waals surface area contributed by atoms with Gasteiger partial charge in [-0.2, -0.15) is 0 Å². The van der Waals surface area contributed by atoms with E-state index in [0.717, 1.165) is 51.2 Å². The molecular formula is C60H45N3O3. The molecule has 0 aromatic heterocycles. The third-order valence-corrected chi connectivity index (χ3v) is 10.7. The first-order chi connectivity index (χ1) is 33.9. The molecule has 0 radical (unpaired) electrons. The Bertz CT molecular complexity index is 2920. The summed E-state index contributed by atoms with van der Waals surface area (Å²) in [6.07, 6.45) is 0. The van der Waals surface area contributed by atoms with Gasteiger partial charge >= 0.3 is 0 Å². The Kier molecular flexibility index (Phi) is 11.1. The molecule has 0 aliphatic rings. The number of para-hydroxylation sites is 6. The van der Waals surface area contributed by atoms with Crippen molar-refractivity contribution in [3.63, 3.8) is 0 Å². The van der Waals surface area contributed by atoms with Crippen LogP contribution in [0.25, 0.3) is 0 Å². The Labute approximate surface area is 390 Å². The number of hydrogen-bond donors (Lipinski definition) is 0. The lowest BCUT2D eigenvalue weighted by Gasteiger charge is -2.25. The average molecular weight is 862 g/mol. The molecule has 66 heavy (non-hydrogen) atoms. The van der Waals surface area contributed by atoms with Crippen LogP contribution in [0.15, 0.2) is 273 Å². The van der Waals surface area contributed by atoms with Crippen LogP contribution in [0, 0.1) is 0 Å². The average Bonchev–Trinajstić information content (AvgIpc) is 3.37. The number of rotatable bonds is 15. The van der Waals surface area contributed by atoms with Gasteiger partial charge in [-0.05, 0) is 146 Å². The van der Waals surface area contributed by atoms with Crippen LogP contribution in [0.3, 0.4) is 0 Å². The number of hydrogen-bond acceptors (Lipinski definition) is 6. The number of ether oxygens (including phenoxy) is 3. The van der Waals surface area contributed by atoms with E-state index in [1.54, 1.807) is 18.2 Å². The maximum absolute atomic E-state index is 8.30. The quantitative estimate of drug-likeness (QED) is 0.102. The van der Waals surface area contributed by atoms with Crippen LogP contribution in [0.5, 0.6) is 34.5 Å². The SMILES string of the molecule is [3H]c1cccc(N(c2ccccc2)c2ccc(Oc3cc(Oc4ccc(N(c5ccccc5)c5cccc([3H])c5)cc4)cc(Oc4ccc(N(c5ccccc5)c5cccc([3H])c5)cc4)c3)cc2)c1. The lowest BCUT2D eigenvalue weighted by molar-refractivity contribution is 0.440. The number of nitrogens with zero attached hydrogens (tertiary/aromatic N) is 3. The summed E-state index contributed by atoms with van der Waals surface area (Å²) in [4.78, 5) is 6.32. The summed E-state index contributed by atoms with van der Waals surface area (Å²) in [5, 5.41) is 0. The molecule has 0 aliphatic heterocycles. The maximum Gasteiger partial charge on any atom is 0.134 e. The van der Waals surface area contributed by atoms with E-state index in [1.807, 2.05) is 237 Å². The summed E-state index contributed by atoms with van der Waals surface area (Å²) in [6, 6.07) is 83.0. The molecule has 0 N–H and O–H groups in total. The van der Waals surface area contributed by atoms with E-state index in [9.17, 15) is 0 Å². The van der Waals surface area contributed by atoms with Gasteiger partial charge in [-0.25, -0.2) is 0 Å². The molecule has 6 heteroatoms. The Balaban J connectivity index is 0.958. The summed E-state index contributed by atoms with van der Waals surface area (Å²) in [6.45, 7) is 0. The van der Waals surface area contributed by atoms with Gasteiger partial charge in [-0.1, -0.05) is 109 Å². The van der Waals surface area contributed by atoms with E-state index in [0.29, 0.717) is 52.6 Å². The third kappa shape index (κ3) is 9.64. The highest BCUT2D eigenvalue weighted by atomic mass is 16.5. The second kappa shape index (κ2) is 19.6. The van der Waals surface area contributed by atoms with E-state index in [1.165, 1.54) is 0 Å². The zero-order valence-electron chi connectivity index (χ0n) is 38.8. The number of anilines is 9. The summed E-state index contributed by atoms with van der Waals surface area (Å²) in [5.74, 6) is 3.32. The normalized spacial score (nSPS) is 11.4. The Morgan fingerprint density at radius 3 is 0.667 bits per heavy atom. The number of benzene rings is 10. The second-order valence-corrected chi connectivity index (χ2v) is 15.2. The molecule has 10 rings (SSSR count). The molecule has 0 saturated carbocycles. The summed E-state index contributed by atoms with van der Waals surface area (Å²) in [7, 11) is 0. The van der Waals surface area contributed by atoms with Crippen LogP contribution in [-0.4, -0.2) is 0 Å². The second-order valence-electron chi connectivity index (χ2n) is 15.2. The van der Waals surface area contributed by atoms with E-state index in [-0.39, 0.29) is 0 Å². The first-order valence-corrected chi connectivity index (χ1v) is 21.6. The molecule has 0 amide bonds. The highest BCUT2D eigenvalue weighted by molar-refractivity contribution is 5.79. The van der Waals surface area contributed by atoms with Crippen molar-refractivity contribution in [3.8, 4) is 34.5 Å². The van der Waals surface area contributed by atoms with Crippen LogP contribution >= 0.6 is 0 Å². The fourth-order valence-corrected chi connectivity index (χ4v) is 7.76. The van der Waals surface area contributed by atoms with Crippen molar-refractivity contribution < 1.29 is 18.3 Å². The third-order valence-electron chi connectivity index (χ3n) is 10.7. The first-order valence-electron chi connectivity index (χ1n) is 23.1. The smallest absolute Gasteiger partial charge is 0.134 e. The molecule has 0 bridgehead atoms. The Morgan fingerprint density at radius 2 is 0.424 bits per heavy atom. The summed E-state index contributed by atoms with van der Waals surface area (Å²) in [5.41, 5.74) is 8.24. The standard InChI is InChI=1S/C60H45N3O3/c1-7-19-46(20-8-1)61(47-21-9-2-10-22-47)52-31-37-55(38-32-52)64-58-43-59(65-56-39-33-53(34-40-56)62(48-23-11-3-12-24-48)49-25-13-4-14-26-49)45-60(44-58)66-57-41-35-54(36-42-57)63(50-27-15-5-16-28-50)51-29-17-6-18-30-51/h1-45H/i7T,11T,15T. The summed E-state index contributed by atoms with van der Waals surface area (Å²) < 4.78 is 44.6. The lowest BCUT2D eigenvalue weighted by Crippen LogP contribution is -2.09. The molecule has 10 aromatic rings. The van der Waals surface area contributed by atoms with Crippen LogP contribution < -0.4 is 28.9 Å². The van der Waals surface area contributed by atoms with Gasteiger partial charge < -0.3 is 28.9 Å². The zero-order chi connectivity index (χ0) is 46.9. The molecule has 0 saturated heterocycles. The van der Waals surface area contributed by atoms with Gasteiger partial charge in [0.2, 0.25) is 0 Å². The minimum Gasteiger partial charge on any atom is -0.457 e. The molecule has 0 heterocycles. The molecule has 0 atom stereocenters. The predicted molar refractivity (Wildman–Crippen MR) is 270 cm³/mol. The van der Waals surface area contributed by atoms with Gasteiger partial charge in [0.25, 0.3) is 0 Å². The Morgan fingerprint density at radius 1 is 0.212 bits per heavy atom. The van der Waals surface area contributed by atoms with Crippen molar-refractivity contribution in [3.05, 3.63) is 273 Å². The molecule has 0 spiro atoms. The van der Waals surface area contributed by atoms with Crippen molar-refractivity contribution in [2.75, 3.05) is 14.7 Å². The van der Waals surface area contributed by atoms with Crippen LogP contribution in [0.4, 0.5) is 51.2 Å². The molecule has 10 aromatic carbocycles. The zero-order valence-corrected chi connectivity index (χ0v) is 35.8. The van der Waals surface area contributed by atoms with E-state index in [2.05, 4.69) is 14.7 Å². The van der Waals surface area contributed by atoms with E-state index in [4.69, 9.17) is 18.3 Å². The maximum atomic E-state index is 8.30. The van der Waals surface area contributed by atoms with Gasteiger partial charge in [0.1, 0.15) is 34.5 Å². The Hall–Kier alpha value is -9.00. The molecule has 6 nitrogen and oxygen atoms in total. The van der Waals surface area contributed by atoms with E-state index >= 15 is 0 Å². The topological polar surface area (TPSA) is 37.4 Å². The minimum absolute atomic E-state index is 0.426. The molecule has 0 aliphatic carbocycles. The van der Waals surface area contributed by atoms with Crippen LogP contribution in [-0.2, 0) is 0 Å². The molecule has 0 unspecified atom stereocenters. The van der Waals surface area contributed by atoms with Gasteiger partial charge in [0.05, 0.1) is 4.11 Å². The summed E-state index contributed by atoms with van der Waals surface area (Å²) >= 11 is 0. The van der Waals surface area contributed by atoms with Crippen molar-refractivity contribution in [1.82, 2.24) is 0 Å². The van der Waals surface area contributed by atoms with Gasteiger partial charge in [-0.15, -0.1) is 0 Å². The largest absolute Gasteiger partial charge is 0.457 e. The minimum atomic E-state index is 0.426. The molecule has 318 valence electrons. The van der Waals surface area contributed by atoms with Crippen molar-refractivity contribution >= 4 is 51.2 Å². The van der Waals surface area contributed by atoms with Crippen molar-refractivity contribution in [2.24, 2.45) is 0 Å². The fraction of sp³-hybridized carbons (Fsp3) is 0. The first kappa shape index (κ1) is 37.5. The highest BCUT2D eigenvalue weighted by Crippen LogP contribution is 2.41. The highest BCUT2D eigenvalue weighted by Gasteiger charge is 2.16. The van der Waals surface area contributed by atoms with Gasteiger partial charge in [0.15, 0.2) is 0 Å². The lowest BCUT2D eigenvalue weighted by atomic mass is 10.2. The van der Waals surface area contributed by atoms with Gasteiger partial charge in [0, 0.05) is 69.4 Å².